The summed E-state index contributed by atoms with van der Waals surface area (Å²) in [6, 6.07) is 7.02. The number of benzene rings is 1. The van der Waals surface area contributed by atoms with Gasteiger partial charge < -0.3 is 9.88 Å². The predicted molar refractivity (Wildman–Crippen MR) is 95.0 cm³/mol. The van der Waals surface area contributed by atoms with E-state index in [1.165, 1.54) is 6.07 Å². The Labute approximate surface area is 152 Å². The van der Waals surface area contributed by atoms with Crippen molar-refractivity contribution in [1.29, 1.82) is 0 Å². The number of aromatic nitrogens is 3. The Morgan fingerprint density at radius 1 is 1.23 bits per heavy atom. The van der Waals surface area contributed by atoms with Crippen molar-refractivity contribution in [3.8, 4) is 0 Å². The molecule has 1 N–H and O–H groups in total. The molecule has 3 heterocycles. The second kappa shape index (κ2) is 6.79. The third kappa shape index (κ3) is 3.23. The van der Waals surface area contributed by atoms with Gasteiger partial charge in [0.2, 0.25) is 5.82 Å². The Hall–Kier alpha value is -2.28. The molecule has 26 heavy (non-hydrogen) atoms. The van der Waals surface area contributed by atoms with Gasteiger partial charge in [0.1, 0.15) is 11.6 Å². The molecular formula is C19H24FN5O. The number of fused-ring (bicyclic) bond motifs is 2. The molecule has 1 aromatic carbocycles. The van der Waals surface area contributed by atoms with Crippen LogP contribution in [0.2, 0.25) is 0 Å². The summed E-state index contributed by atoms with van der Waals surface area (Å²) in [5.74, 6) is 1.90. The minimum absolute atomic E-state index is 0.0644. The Balaban J connectivity index is 1.46. The van der Waals surface area contributed by atoms with Crippen LogP contribution in [0.15, 0.2) is 24.3 Å². The van der Waals surface area contributed by atoms with E-state index in [1.807, 2.05) is 30.5 Å². The summed E-state index contributed by atoms with van der Waals surface area (Å²) >= 11 is 0. The number of rotatable bonds is 4. The summed E-state index contributed by atoms with van der Waals surface area (Å²) in [5, 5.41) is 11.2. The van der Waals surface area contributed by atoms with Crippen LogP contribution >= 0.6 is 0 Å². The van der Waals surface area contributed by atoms with Crippen molar-refractivity contribution in [2.45, 2.75) is 39.4 Å². The summed E-state index contributed by atoms with van der Waals surface area (Å²) in [4.78, 5) is 14.6. The lowest BCUT2D eigenvalue weighted by Crippen LogP contribution is -2.35. The maximum Gasteiger partial charge on any atom is 0.289 e. The molecule has 1 aromatic heterocycles. The van der Waals surface area contributed by atoms with Crippen molar-refractivity contribution in [1.82, 2.24) is 25.0 Å². The highest BCUT2D eigenvalue weighted by molar-refractivity contribution is 5.90. The molecule has 2 aliphatic rings. The van der Waals surface area contributed by atoms with Gasteiger partial charge in [-0.15, -0.1) is 10.2 Å². The van der Waals surface area contributed by atoms with E-state index >= 15 is 0 Å². The van der Waals surface area contributed by atoms with Gasteiger partial charge in [-0.25, -0.2) is 4.39 Å². The molecule has 0 saturated carbocycles. The third-order valence-electron chi connectivity index (χ3n) is 5.32. The van der Waals surface area contributed by atoms with Crippen LogP contribution in [0, 0.1) is 17.7 Å². The first-order chi connectivity index (χ1) is 12.5. The summed E-state index contributed by atoms with van der Waals surface area (Å²) in [5.41, 5.74) is 0.738. The van der Waals surface area contributed by atoms with E-state index in [2.05, 4.69) is 20.4 Å². The minimum atomic E-state index is -0.168. The molecule has 0 bridgehead atoms. The summed E-state index contributed by atoms with van der Waals surface area (Å²) in [7, 11) is 0. The number of amides is 1. The Morgan fingerprint density at radius 2 is 2.00 bits per heavy atom. The normalized spacial score (nSPS) is 22.3. The van der Waals surface area contributed by atoms with Crippen molar-refractivity contribution in [3.05, 3.63) is 47.3 Å². The van der Waals surface area contributed by atoms with E-state index in [0.29, 0.717) is 24.2 Å². The van der Waals surface area contributed by atoms with Crippen molar-refractivity contribution in [2.24, 2.45) is 11.8 Å². The van der Waals surface area contributed by atoms with Gasteiger partial charge in [0.25, 0.3) is 5.91 Å². The maximum atomic E-state index is 13.9. The van der Waals surface area contributed by atoms with Crippen LogP contribution in [-0.2, 0) is 19.5 Å². The quantitative estimate of drug-likeness (QED) is 0.907. The smallest absolute Gasteiger partial charge is 0.289 e. The zero-order valence-electron chi connectivity index (χ0n) is 15.2. The van der Waals surface area contributed by atoms with Crippen LogP contribution in [0.5, 0.6) is 0 Å². The number of hydrogen-bond donors (Lipinski definition) is 1. The fourth-order valence-electron chi connectivity index (χ4n) is 4.11. The number of likely N-dealkylation sites (tertiary alicyclic amines) is 1. The van der Waals surface area contributed by atoms with Crippen molar-refractivity contribution < 1.29 is 9.18 Å². The Kier molecular flexibility index (Phi) is 4.48. The monoisotopic (exact) mass is 357 g/mol. The summed E-state index contributed by atoms with van der Waals surface area (Å²) in [6.07, 6.45) is 0.820. The third-order valence-corrected chi connectivity index (χ3v) is 5.32. The van der Waals surface area contributed by atoms with Crippen LogP contribution in [-0.4, -0.2) is 44.7 Å². The molecule has 138 valence electrons. The molecule has 2 atom stereocenters. The topological polar surface area (TPSA) is 63.1 Å². The van der Waals surface area contributed by atoms with Crippen LogP contribution < -0.4 is 5.32 Å². The molecule has 0 radical (unpaired) electrons. The standard InChI is InChI=1S/C19H24FN5O/c1-12(2)21-19(26)18-23-22-17-7-14-9-24(10-15(14)11-25(17)18)8-13-5-3-4-6-16(13)20/h3-6,12,14-15H,7-11H2,1-2H3,(H,21,26)/t14-,15-/m1/s1. The first kappa shape index (κ1) is 17.1. The minimum Gasteiger partial charge on any atom is -0.347 e. The van der Waals surface area contributed by atoms with Gasteiger partial charge in [-0.3, -0.25) is 9.69 Å². The van der Waals surface area contributed by atoms with Gasteiger partial charge in [0.15, 0.2) is 0 Å². The number of hydrogen-bond acceptors (Lipinski definition) is 4. The summed E-state index contributed by atoms with van der Waals surface area (Å²) < 4.78 is 15.9. The first-order valence-corrected chi connectivity index (χ1v) is 9.20. The molecule has 7 heteroatoms. The lowest BCUT2D eigenvalue weighted by Gasteiger charge is -2.25. The van der Waals surface area contributed by atoms with E-state index in [-0.39, 0.29) is 17.8 Å². The predicted octanol–water partition coefficient (Wildman–Crippen LogP) is 1.86. The second-order valence-electron chi connectivity index (χ2n) is 7.69. The van der Waals surface area contributed by atoms with Gasteiger partial charge in [0, 0.05) is 44.2 Å². The fraction of sp³-hybridized carbons (Fsp3) is 0.526. The summed E-state index contributed by atoms with van der Waals surface area (Å²) in [6.45, 7) is 7.07. The van der Waals surface area contributed by atoms with E-state index in [4.69, 9.17) is 0 Å². The fourth-order valence-corrected chi connectivity index (χ4v) is 4.11. The van der Waals surface area contributed by atoms with Crippen molar-refractivity contribution in [3.63, 3.8) is 0 Å². The molecule has 1 amide bonds. The van der Waals surface area contributed by atoms with Gasteiger partial charge in [-0.1, -0.05) is 18.2 Å². The van der Waals surface area contributed by atoms with Crippen molar-refractivity contribution >= 4 is 5.91 Å². The number of nitrogens with zero attached hydrogens (tertiary/aromatic N) is 4. The van der Waals surface area contributed by atoms with Gasteiger partial charge in [-0.2, -0.15) is 0 Å². The Morgan fingerprint density at radius 3 is 2.77 bits per heavy atom. The highest BCUT2D eigenvalue weighted by atomic mass is 19.1. The number of halogens is 1. The Bertz CT molecular complexity index is 818. The first-order valence-electron chi connectivity index (χ1n) is 9.20. The van der Waals surface area contributed by atoms with E-state index in [1.54, 1.807) is 6.07 Å². The lowest BCUT2D eigenvalue weighted by atomic mass is 9.89. The molecule has 6 nitrogen and oxygen atoms in total. The average molecular weight is 357 g/mol. The van der Waals surface area contributed by atoms with E-state index < -0.39 is 0 Å². The zero-order chi connectivity index (χ0) is 18.3. The average Bonchev–Trinajstić information content (AvgIpc) is 3.16. The SMILES string of the molecule is CC(C)NC(=O)c1nnc2n1C[C@H]1CN(Cc3ccccc3F)C[C@H]1C2. The molecular weight excluding hydrogens is 333 g/mol. The molecule has 2 aromatic rings. The van der Waals surface area contributed by atoms with Gasteiger partial charge in [-0.05, 0) is 31.7 Å². The largest absolute Gasteiger partial charge is 0.347 e. The van der Waals surface area contributed by atoms with Crippen LogP contribution in [0.4, 0.5) is 4.39 Å². The molecule has 1 saturated heterocycles. The van der Waals surface area contributed by atoms with Gasteiger partial charge >= 0.3 is 0 Å². The van der Waals surface area contributed by atoms with Crippen molar-refractivity contribution in [2.75, 3.05) is 13.1 Å². The number of carbonyl (C=O) groups is 1. The van der Waals surface area contributed by atoms with Crippen LogP contribution in [0.25, 0.3) is 0 Å². The molecule has 4 rings (SSSR count). The molecule has 2 aliphatic heterocycles. The zero-order valence-corrected chi connectivity index (χ0v) is 15.2. The van der Waals surface area contributed by atoms with Gasteiger partial charge in [0.05, 0.1) is 0 Å². The van der Waals surface area contributed by atoms with E-state index in [0.717, 1.165) is 37.4 Å². The second-order valence-corrected chi connectivity index (χ2v) is 7.69. The van der Waals surface area contributed by atoms with Crippen LogP contribution in [0.3, 0.4) is 0 Å². The maximum absolute atomic E-state index is 13.9. The number of nitrogens with one attached hydrogen (secondary N) is 1. The molecule has 1 fully saturated rings. The number of carbonyl (C=O) groups excluding carboxylic acids is 1. The van der Waals surface area contributed by atoms with E-state index in [9.17, 15) is 9.18 Å². The molecule has 0 aliphatic carbocycles. The molecule has 0 unspecified atom stereocenters. The highest BCUT2D eigenvalue weighted by Gasteiger charge is 2.39. The lowest BCUT2D eigenvalue weighted by molar-refractivity contribution is 0.0924. The van der Waals surface area contributed by atoms with Crippen LogP contribution in [0.1, 0.15) is 35.9 Å². The molecule has 0 spiro atoms. The highest BCUT2D eigenvalue weighted by Crippen LogP contribution is 2.33.